The Labute approximate surface area is 103 Å². The maximum Gasteiger partial charge on any atom is 0.119 e. The Morgan fingerprint density at radius 1 is 1.24 bits per heavy atom. The molecule has 0 aliphatic heterocycles. The van der Waals surface area contributed by atoms with E-state index in [1.54, 1.807) is 7.11 Å². The molecular weight excluding hydrogens is 218 g/mol. The van der Waals surface area contributed by atoms with Gasteiger partial charge in [0, 0.05) is 6.54 Å². The summed E-state index contributed by atoms with van der Waals surface area (Å²) in [4.78, 5) is 0. The second kappa shape index (κ2) is 7.92. The molecule has 0 unspecified atom stereocenters. The highest BCUT2D eigenvalue weighted by Crippen LogP contribution is 2.16. The summed E-state index contributed by atoms with van der Waals surface area (Å²) in [5.74, 6) is 1.53. The Hall–Kier alpha value is -1.26. The van der Waals surface area contributed by atoms with E-state index in [4.69, 9.17) is 9.47 Å². The number of hydrogen-bond donors (Lipinski definition) is 2. The topological polar surface area (TPSA) is 50.7 Å². The SMILES string of the molecule is CCCNC[C@H](O)COc1ccc(OC)cc1. The van der Waals surface area contributed by atoms with Gasteiger partial charge < -0.3 is 19.9 Å². The van der Waals surface area contributed by atoms with Gasteiger partial charge in [0.1, 0.15) is 24.2 Å². The van der Waals surface area contributed by atoms with E-state index < -0.39 is 6.10 Å². The third-order valence-corrected chi connectivity index (χ3v) is 2.31. The average molecular weight is 239 g/mol. The lowest BCUT2D eigenvalue weighted by molar-refractivity contribution is 0.106. The van der Waals surface area contributed by atoms with Crippen molar-refractivity contribution in [2.24, 2.45) is 0 Å². The molecule has 0 fully saturated rings. The van der Waals surface area contributed by atoms with E-state index in [0.29, 0.717) is 13.2 Å². The smallest absolute Gasteiger partial charge is 0.119 e. The molecule has 4 nitrogen and oxygen atoms in total. The first kappa shape index (κ1) is 13.8. The number of ether oxygens (including phenoxy) is 2. The van der Waals surface area contributed by atoms with Crippen LogP contribution in [0.25, 0.3) is 0 Å². The minimum atomic E-state index is -0.483. The average Bonchev–Trinajstić information content (AvgIpc) is 2.37. The van der Waals surface area contributed by atoms with Crippen LogP contribution in [0.1, 0.15) is 13.3 Å². The first-order valence-corrected chi connectivity index (χ1v) is 5.92. The van der Waals surface area contributed by atoms with E-state index in [0.717, 1.165) is 24.5 Å². The van der Waals surface area contributed by atoms with E-state index >= 15 is 0 Å². The number of aliphatic hydroxyl groups is 1. The molecule has 0 amide bonds. The van der Waals surface area contributed by atoms with Crippen molar-refractivity contribution in [3.8, 4) is 11.5 Å². The van der Waals surface area contributed by atoms with Crippen molar-refractivity contribution in [2.45, 2.75) is 19.4 Å². The van der Waals surface area contributed by atoms with Crippen molar-refractivity contribution in [1.29, 1.82) is 0 Å². The maximum absolute atomic E-state index is 9.63. The fraction of sp³-hybridized carbons (Fsp3) is 0.538. The van der Waals surface area contributed by atoms with Gasteiger partial charge in [-0.3, -0.25) is 0 Å². The predicted molar refractivity (Wildman–Crippen MR) is 67.7 cm³/mol. The molecule has 2 N–H and O–H groups in total. The molecule has 0 saturated carbocycles. The molecule has 0 saturated heterocycles. The van der Waals surface area contributed by atoms with Gasteiger partial charge in [-0.15, -0.1) is 0 Å². The number of hydrogen-bond acceptors (Lipinski definition) is 4. The van der Waals surface area contributed by atoms with Gasteiger partial charge in [0.15, 0.2) is 0 Å². The third kappa shape index (κ3) is 5.56. The first-order valence-electron chi connectivity index (χ1n) is 5.92. The highest BCUT2D eigenvalue weighted by molar-refractivity contribution is 5.31. The van der Waals surface area contributed by atoms with Crippen LogP contribution in [0.5, 0.6) is 11.5 Å². The van der Waals surface area contributed by atoms with Crippen LogP contribution in [0.15, 0.2) is 24.3 Å². The van der Waals surface area contributed by atoms with Crippen molar-refractivity contribution >= 4 is 0 Å². The number of rotatable bonds is 8. The van der Waals surface area contributed by atoms with E-state index in [1.807, 2.05) is 24.3 Å². The molecule has 1 atom stereocenters. The number of methoxy groups -OCH3 is 1. The molecule has 0 spiro atoms. The van der Waals surface area contributed by atoms with Gasteiger partial charge in [0.05, 0.1) is 7.11 Å². The molecule has 1 rings (SSSR count). The minimum Gasteiger partial charge on any atom is -0.497 e. The van der Waals surface area contributed by atoms with Crippen molar-refractivity contribution in [3.63, 3.8) is 0 Å². The lowest BCUT2D eigenvalue weighted by Gasteiger charge is -2.13. The van der Waals surface area contributed by atoms with Crippen LogP contribution in [-0.2, 0) is 0 Å². The van der Waals surface area contributed by atoms with Gasteiger partial charge in [0.2, 0.25) is 0 Å². The van der Waals surface area contributed by atoms with E-state index in [2.05, 4.69) is 12.2 Å². The molecule has 1 aromatic rings. The van der Waals surface area contributed by atoms with E-state index in [1.165, 1.54) is 0 Å². The van der Waals surface area contributed by atoms with Crippen LogP contribution in [0.4, 0.5) is 0 Å². The standard InChI is InChI=1S/C13H21NO3/c1-3-8-14-9-11(15)10-17-13-6-4-12(16-2)5-7-13/h4-7,11,14-15H,3,8-10H2,1-2H3/t11-/m0/s1. The lowest BCUT2D eigenvalue weighted by Crippen LogP contribution is -2.31. The summed E-state index contributed by atoms with van der Waals surface area (Å²) < 4.78 is 10.5. The molecule has 4 heteroatoms. The van der Waals surface area contributed by atoms with E-state index in [9.17, 15) is 5.11 Å². The van der Waals surface area contributed by atoms with Gasteiger partial charge in [-0.2, -0.15) is 0 Å². The zero-order valence-corrected chi connectivity index (χ0v) is 10.5. The summed E-state index contributed by atoms with van der Waals surface area (Å²) in [6, 6.07) is 7.31. The van der Waals surface area contributed by atoms with Gasteiger partial charge in [-0.05, 0) is 37.2 Å². The highest BCUT2D eigenvalue weighted by Gasteiger charge is 2.04. The Balaban J connectivity index is 2.24. The predicted octanol–water partition coefficient (Wildman–Crippen LogP) is 1.43. The van der Waals surface area contributed by atoms with Gasteiger partial charge >= 0.3 is 0 Å². The van der Waals surface area contributed by atoms with Crippen molar-refractivity contribution in [1.82, 2.24) is 5.32 Å². The summed E-state index contributed by atoms with van der Waals surface area (Å²) in [5.41, 5.74) is 0. The largest absolute Gasteiger partial charge is 0.497 e. The van der Waals surface area contributed by atoms with E-state index in [-0.39, 0.29) is 0 Å². The molecule has 0 heterocycles. The molecule has 17 heavy (non-hydrogen) atoms. The monoisotopic (exact) mass is 239 g/mol. The van der Waals surface area contributed by atoms with Crippen LogP contribution >= 0.6 is 0 Å². The molecule has 0 radical (unpaired) electrons. The van der Waals surface area contributed by atoms with Crippen molar-refractivity contribution in [2.75, 3.05) is 26.8 Å². The molecule has 0 aliphatic rings. The minimum absolute atomic E-state index is 0.295. The summed E-state index contributed by atoms with van der Waals surface area (Å²) in [5, 5.41) is 12.8. The second-order valence-electron chi connectivity index (χ2n) is 3.84. The maximum atomic E-state index is 9.63. The Morgan fingerprint density at radius 3 is 2.47 bits per heavy atom. The fourth-order valence-corrected chi connectivity index (χ4v) is 1.37. The van der Waals surface area contributed by atoms with Crippen molar-refractivity contribution < 1.29 is 14.6 Å². The Kier molecular flexibility index (Phi) is 6.43. The molecule has 0 bridgehead atoms. The quantitative estimate of drug-likeness (QED) is 0.674. The summed E-state index contributed by atoms with van der Waals surface area (Å²) in [7, 11) is 1.62. The Morgan fingerprint density at radius 2 is 1.88 bits per heavy atom. The summed E-state index contributed by atoms with van der Waals surface area (Å²) in [6.45, 7) is 3.86. The molecule has 1 aromatic carbocycles. The molecular formula is C13H21NO3. The number of benzene rings is 1. The molecule has 0 aliphatic carbocycles. The molecule has 0 aromatic heterocycles. The molecule has 96 valence electrons. The second-order valence-corrected chi connectivity index (χ2v) is 3.84. The summed E-state index contributed by atoms with van der Waals surface area (Å²) in [6.07, 6.45) is 0.579. The van der Waals surface area contributed by atoms with Gasteiger partial charge in [-0.1, -0.05) is 6.92 Å². The van der Waals surface area contributed by atoms with Crippen LogP contribution in [0, 0.1) is 0 Å². The number of nitrogens with one attached hydrogen (secondary N) is 1. The van der Waals surface area contributed by atoms with Crippen LogP contribution in [-0.4, -0.2) is 38.0 Å². The fourth-order valence-electron chi connectivity index (χ4n) is 1.37. The van der Waals surface area contributed by atoms with Crippen molar-refractivity contribution in [3.05, 3.63) is 24.3 Å². The third-order valence-electron chi connectivity index (χ3n) is 2.31. The number of aliphatic hydroxyl groups excluding tert-OH is 1. The van der Waals surface area contributed by atoms with Crippen LogP contribution in [0.2, 0.25) is 0 Å². The van der Waals surface area contributed by atoms with Crippen LogP contribution in [0.3, 0.4) is 0 Å². The zero-order chi connectivity index (χ0) is 12.5. The summed E-state index contributed by atoms with van der Waals surface area (Å²) >= 11 is 0. The normalized spacial score (nSPS) is 12.2. The lowest BCUT2D eigenvalue weighted by atomic mass is 10.3. The zero-order valence-electron chi connectivity index (χ0n) is 10.5. The Bertz CT molecular complexity index is 300. The first-order chi connectivity index (χ1) is 8.26. The van der Waals surface area contributed by atoms with Crippen LogP contribution < -0.4 is 14.8 Å². The highest BCUT2D eigenvalue weighted by atomic mass is 16.5. The van der Waals surface area contributed by atoms with Gasteiger partial charge in [0.25, 0.3) is 0 Å². The van der Waals surface area contributed by atoms with Gasteiger partial charge in [-0.25, -0.2) is 0 Å².